The molecule has 8 rings (SSSR count). The van der Waals surface area contributed by atoms with E-state index in [1.54, 1.807) is 125 Å². The number of amides is 10. The Balaban J connectivity index is 0.906. The van der Waals surface area contributed by atoms with Crippen LogP contribution in [0.3, 0.4) is 0 Å². The Morgan fingerprint density at radius 3 is 1.41 bits per heavy atom. The number of hydrogen-bond acceptors (Lipinski definition) is 16. The maximum absolute atomic E-state index is 15.0. The van der Waals surface area contributed by atoms with Crippen molar-refractivity contribution in [2.75, 3.05) is 57.5 Å². The number of nitrogens with one attached hydrogen (secondary N) is 4. The number of hydrogen-bond donors (Lipinski definition) is 4. The van der Waals surface area contributed by atoms with Crippen molar-refractivity contribution >= 4 is 82.8 Å². The molecule has 0 spiro atoms. The summed E-state index contributed by atoms with van der Waals surface area (Å²) in [7, 11) is 2.85. The van der Waals surface area contributed by atoms with E-state index in [-0.39, 0.29) is 58.7 Å². The number of para-hydroxylation sites is 2. The number of fused-ring (bicyclic) bond motifs is 2. The summed E-state index contributed by atoms with van der Waals surface area (Å²) >= 11 is 0. The van der Waals surface area contributed by atoms with Crippen LogP contribution in [0, 0.1) is 16.7 Å². The first-order valence-electron chi connectivity index (χ1n) is 32.3. The van der Waals surface area contributed by atoms with Gasteiger partial charge in [0.25, 0.3) is 5.91 Å². The zero-order chi connectivity index (χ0) is 69.8. The first kappa shape index (κ1) is 72.0. The van der Waals surface area contributed by atoms with Gasteiger partial charge >= 0.3 is 24.4 Å². The molecule has 0 radical (unpaired) electrons. The van der Waals surface area contributed by atoms with Crippen LogP contribution in [0.4, 0.5) is 30.6 Å². The minimum absolute atomic E-state index is 0.0113. The number of likely N-dealkylation sites (N-methyl/N-ethyl adjacent to an activating group) is 2. The van der Waals surface area contributed by atoms with Crippen LogP contribution in [-0.4, -0.2) is 202 Å². The van der Waals surface area contributed by atoms with Gasteiger partial charge in [0.2, 0.25) is 35.3 Å². The number of Topliss-reactive ketones (excluding diaryl/α,β-unsaturated/α-hetero) is 2. The van der Waals surface area contributed by atoms with E-state index in [0.29, 0.717) is 11.4 Å². The second kappa shape index (κ2) is 31.6. The first-order chi connectivity index (χ1) is 45.5. The molecule has 0 bridgehead atoms. The van der Waals surface area contributed by atoms with E-state index in [4.69, 9.17) is 18.9 Å². The summed E-state index contributed by atoms with van der Waals surface area (Å²) in [6, 6.07) is 28.5. The molecule has 4 aliphatic rings. The van der Waals surface area contributed by atoms with E-state index in [0.717, 1.165) is 16.0 Å². The van der Waals surface area contributed by atoms with Gasteiger partial charge < -0.3 is 54.1 Å². The fourth-order valence-corrected chi connectivity index (χ4v) is 12.6. The van der Waals surface area contributed by atoms with E-state index in [9.17, 15) is 57.5 Å². The molecule has 96 heavy (non-hydrogen) atoms. The number of benzene rings is 4. The lowest BCUT2D eigenvalue weighted by Gasteiger charge is -2.37. The van der Waals surface area contributed by atoms with Gasteiger partial charge in [-0.05, 0) is 72.9 Å². The third kappa shape index (κ3) is 17.9. The molecule has 4 fully saturated rings. The van der Waals surface area contributed by atoms with Crippen molar-refractivity contribution in [1.29, 1.82) is 0 Å². The molecule has 4 aromatic carbocycles. The Kier molecular flexibility index (Phi) is 23.7. The normalized spacial score (nSPS) is 20.0. The summed E-state index contributed by atoms with van der Waals surface area (Å²) in [5, 5.41) is 10.6. The van der Waals surface area contributed by atoms with E-state index in [1.807, 2.05) is 45.0 Å². The lowest BCUT2D eigenvalue weighted by molar-refractivity contribution is -0.144. The van der Waals surface area contributed by atoms with Crippen molar-refractivity contribution in [3.8, 4) is 0 Å². The first-order valence-corrected chi connectivity index (χ1v) is 32.3. The molecule has 4 saturated heterocycles. The van der Waals surface area contributed by atoms with E-state index < -0.39 is 162 Å². The van der Waals surface area contributed by atoms with Gasteiger partial charge in [-0.15, -0.1) is 0 Å². The minimum atomic E-state index is -1.18. The van der Waals surface area contributed by atoms with Gasteiger partial charge in [0.05, 0.1) is 49.8 Å². The molecule has 0 unspecified atom stereocenters. The molecular weight excluding hydrogens is 1240 g/mol. The Morgan fingerprint density at radius 1 is 0.531 bits per heavy atom. The Hall–Kier alpha value is -9.88. The van der Waals surface area contributed by atoms with E-state index in [2.05, 4.69) is 21.3 Å². The summed E-state index contributed by atoms with van der Waals surface area (Å²) in [5.41, 5.74) is 0.624. The number of ether oxygens (including phenoxy) is 4. The van der Waals surface area contributed by atoms with Gasteiger partial charge in [0.15, 0.2) is 5.78 Å². The third-order valence-electron chi connectivity index (χ3n) is 18.3. The highest BCUT2D eigenvalue weighted by Gasteiger charge is 2.57. The van der Waals surface area contributed by atoms with Crippen molar-refractivity contribution in [2.24, 2.45) is 16.7 Å². The average Bonchev–Trinajstić information content (AvgIpc) is 1.60. The van der Waals surface area contributed by atoms with E-state index >= 15 is 0 Å². The smallest absolute Gasteiger partial charge is 0.412 e. The highest BCUT2D eigenvalue weighted by molar-refractivity contribution is 6.36. The summed E-state index contributed by atoms with van der Waals surface area (Å²) in [5.74, 6) is -6.40. The second-order valence-electron chi connectivity index (χ2n) is 26.9. The van der Waals surface area contributed by atoms with Crippen molar-refractivity contribution < 1.29 is 76.5 Å². The highest BCUT2D eigenvalue weighted by atomic mass is 16.6. The Bertz CT molecular complexity index is 3250. The van der Waals surface area contributed by atoms with Gasteiger partial charge in [-0.1, -0.05) is 139 Å². The Morgan fingerprint density at radius 2 is 0.958 bits per heavy atom. The third-order valence-corrected chi connectivity index (χ3v) is 18.3. The number of carbonyl (C=O) groups excluding carboxylic acids is 12. The molecule has 4 aromatic rings. The lowest BCUT2D eigenvalue weighted by Crippen LogP contribution is -2.60. The van der Waals surface area contributed by atoms with Crippen molar-refractivity contribution in [3.63, 3.8) is 0 Å². The zero-order valence-electron chi connectivity index (χ0n) is 56.0. The molecule has 4 aliphatic heterocycles. The van der Waals surface area contributed by atoms with E-state index in [1.165, 1.54) is 45.5 Å². The van der Waals surface area contributed by atoms with Gasteiger partial charge in [0, 0.05) is 63.7 Å². The molecule has 26 heteroatoms. The standard InChI is InChI=1S/C70H88N10O16/c1-43(75(9)67(91)93-41-45-23-15-11-16-24-45)53(82)37-49(69(3,4)5)63(87)77-35-33-51-58(77)55(96-66(90)73-48-29-21-14-22-30-48)40-80(51)57(84)38-71-62(86)52(81)31-32-56(83)79-39-54(95-65(89)72-47-27-19-13-20-28-47)59-50(79)34-36-78(59)64(88)60(70(6,7)8)74-61(85)44(2)76(10)68(92)94-42-46-25-17-12-18-26-46/h11-30,43-44,49-51,54-55,58-60H,31-42H2,1-10H3,(H,71,86)(H,72,89)(H,73,90)(H,74,85)/t43-,44-,49+,50+,51+,54-,55-,58-,59-,60+/m0/s1. The topological polar surface area (TPSA) is 309 Å². The SMILES string of the molecule is C[C@@H](C(=O)C[C@H](C(=O)N1CC[C@@H]2[C@H]1[C@@H](OC(=O)Nc1ccccc1)CN2C(=O)CNC(=O)C(=O)CCC(=O)N1C[C@H](OC(=O)Nc2ccccc2)[C@@H]2[C@H]1CCN2C(=O)[C@@H](NC(=O)[C@H](C)N(C)C(=O)OCc1ccccc1)C(C)(C)C)C(C)(C)C)N(C)C(=O)OCc1ccccc1. The molecular formula is C70H88N10O16. The number of anilines is 2. The van der Waals surface area contributed by atoms with Crippen molar-refractivity contribution in [2.45, 2.75) is 155 Å². The average molecular weight is 1330 g/mol. The maximum Gasteiger partial charge on any atom is 0.412 e. The summed E-state index contributed by atoms with van der Waals surface area (Å²) < 4.78 is 22.9. The predicted molar refractivity (Wildman–Crippen MR) is 351 cm³/mol. The van der Waals surface area contributed by atoms with Crippen LogP contribution in [0.25, 0.3) is 0 Å². The van der Waals surface area contributed by atoms with Crippen LogP contribution in [0.1, 0.15) is 98.6 Å². The molecule has 0 aromatic heterocycles. The molecule has 10 atom stereocenters. The van der Waals surface area contributed by atoms with Crippen LogP contribution >= 0.6 is 0 Å². The largest absolute Gasteiger partial charge is 0.445 e. The zero-order valence-corrected chi connectivity index (χ0v) is 56.0. The van der Waals surface area contributed by atoms with Crippen LogP contribution in [0.5, 0.6) is 0 Å². The number of rotatable bonds is 23. The second-order valence-corrected chi connectivity index (χ2v) is 26.9. The molecule has 4 N–H and O–H groups in total. The molecule has 0 aliphatic carbocycles. The fourth-order valence-electron chi connectivity index (χ4n) is 12.6. The highest BCUT2D eigenvalue weighted by Crippen LogP contribution is 2.40. The van der Waals surface area contributed by atoms with Crippen molar-refractivity contribution in [3.05, 3.63) is 132 Å². The van der Waals surface area contributed by atoms with Crippen LogP contribution in [0.15, 0.2) is 121 Å². The number of nitrogens with zero attached hydrogens (tertiary/aromatic N) is 6. The van der Waals surface area contributed by atoms with Gasteiger partial charge in [-0.3, -0.25) is 53.9 Å². The lowest BCUT2D eigenvalue weighted by atomic mass is 9.76. The Labute approximate surface area is 559 Å². The van der Waals surface area contributed by atoms with Gasteiger partial charge in [-0.2, -0.15) is 0 Å². The summed E-state index contributed by atoms with van der Waals surface area (Å²) in [4.78, 5) is 175. The monoisotopic (exact) mass is 1320 g/mol. The molecule has 0 saturated carbocycles. The molecule has 26 nitrogen and oxygen atoms in total. The van der Waals surface area contributed by atoms with Crippen LogP contribution in [0.2, 0.25) is 0 Å². The van der Waals surface area contributed by atoms with Crippen LogP contribution < -0.4 is 21.3 Å². The van der Waals surface area contributed by atoms with Gasteiger partial charge in [0.1, 0.15) is 37.5 Å². The van der Waals surface area contributed by atoms with Crippen molar-refractivity contribution in [1.82, 2.24) is 40.0 Å². The van der Waals surface area contributed by atoms with Gasteiger partial charge in [-0.25, -0.2) is 19.2 Å². The predicted octanol–water partition coefficient (Wildman–Crippen LogP) is 6.78. The minimum Gasteiger partial charge on any atom is -0.445 e. The fraction of sp³-hybridized carbons (Fsp3) is 0.486. The quantitative estimate of drug-likeness (QED) is 0.0439. The molecule has 514 valence electrons. The number of ketones is 2. The molecule has 4 heterocycles. The molecule has 10 amide bonds. The number of likely N-dealkylation sites (tertiary alicyclic amines) is 4. The maximum atomic E-state index is 15.0. The summed E-state index contributed by atoms with van der Waals surface area (Å²) in [6.45, 7) is 12.8. The number of carbonyl (C=O) groups is 12. The summed E-state index contributed by atoms with van der Waals surface area (Å²) in [6.07, 6.45) is -6.32. The van der Waals surface area contributed by atoms with Crippen LogP contribution in [-0.2, 0) is 70.5 Å².